The molecule has 1 aromatic carbocycles. The van der Waals surface area contributed by atoms with Gasteiger partial charge in [-0.3, -0.25) is 0 Å². The van der Waals surface area contributed by atoms with E-state index in [2.05, 4.69) is 11.8 Å². The highest BCUT2D eigenvalue weighted by atomic mass is 32.2. The number of hydrogen-bond acceptors (Lipinski definition) is 3. The average Bonchev–Trinajstić information content (AvgIpc) is 2.40. The summed E-state index contributed by atoms with van der Waals surface area (Å²) in [5, 5.41) is 8.76. The Morgan fingerprint density at radius 3 is 2.45 bits per heavy atom. The Balaban J connectivity index is 3.35. The first kappa shape index (κ1) is 16.7. The van der Waals surface area contributed by atoms with Crippen molar-refractivity contribution in [1.82, 2.24) is 4.31 Å². The van der Waals surface area contributed by atoms with Gasteiger partial charge in [-0.25, -0.2) is 8.42 Å². The van der Waals surface area contributed by atoms with Crippen LogP contribution in [0.2, 0.25) is 0 Å². The van der Waals surface area contributed by atoms with Crippen molar-refractivity contribution in [2.45, 2.75) is 32.1 Å². The van der Waals surface area contributed by atoms with Gasteiger partial charge in [0.15, 0.2) is 0 Å². The number of aryl methyl sites for hydroxylation is 1. The van der Waals surface area contributed by atoms with Crippen LogP contribution in [0.4, 0.5) is 0 Å². The second kappa shape index (κ2) is 7.44. The molecule has 0 amide bonds. The zero-order valence-electron chi connectivity index (χ0n) is 12.2. The number of sulfonamides is 1. The minimum atomic E-state index is -3.52. The fraction of sp³-hybridized carbons (Fsp3) is 0.467. The van der Waals surface area contributed by atoms with Crippen molar-refractivity contribution < 1.29 is 13.5 Å². The molecule has 1 rings (SSSR count). The summed E-state index contributed by atoms with van der Waals surface area (Å²) in [7, 11) is -3.52. The fourth-order valence-corrected chi connectivity index (χ4v) is 3.47. The lowest BCUT2D eigenvalue weighted by molar-refractivity contribution is 0.305. The summed E-state index contributed by atoms with van der Waals surface area (Å²) in [5.41, 5.74) is 1.45. The van der Waals surface area contributed by atoms with Crippen molar-refractivity contribution in [2.24, 2.45) is 0 Å². The maximum absolute atomic E-state index is 12.6. The summed E-state index contributed by atoms with van der Waals surface area (Å²) < 4.78 is 26.5. The van der Waals surface area contributed by atoms with Gasteiger partial charge in [0, 0.05) is 25.1 Å². The van der Waals surface area contributed by atoms with Crippen LogP contribution in [-0.4, -0.2) is 37.5 Å². The molecule has 110 valence electrons. The van der Waals surface area contributed by atoms with Gasteiger partial charge in [0.2, 0.25) is 10.0 Å². The Morgan fingerprint density at radius 1 is 1.25 bits per heavy atom. The van der Waals surface area contributed by atoms with Crippen LogP contribution in [0.3, 0.4) is 0 Å². The van der Waals surface area contributed by atoms with Crippen molar-refractivity contribution >= 4 is 10.0 Å². The van der Waals surface area contributed by atoms with Crippen molar-refractivity contribution in [1.29, 1.82) is 0 Å². The Hall–Kier alpha value is -1.35. The van der Waals surface area contributed by atoms with Gasteiger partial charge >= 0.3 is 0 Å². The number of aliphatic hydroxyl groups excluding tert-OH is 1. The zero-order chi connectivity index (χ0) is 15.2. The van der Waals surface area contributed by atoms with Gasteiger partial charge in [-0.1, -0.05) is 31.8 Å². The lowest BCUT2D eigenvalue weighted by Gasteiger charge is -2.19. The van der Waals surface area contributed by atoms with Crippen LogP contribution in [0.5, 0.6) is 0 Å². The average molecular weight is 295 g/mol. The second-order valence-corrected chi connectivity index (χ2v) is 6.27. The molecule has 0 aliphatic heterocycles. The van der Waals surface area contributed by atoms with Crippen LogP contribution in [0.25, 0.3) is 0 Å². The van der Waals surface area contributed by atoms with Gasteiger partial charge in [0.1, 0.15) is 0 Å². The van der Waals surface area contributed by atoms with Gasteiger partial charge in [-0.2, -0.15) is 4.31 Å². The van der Waals surface area contributed by atoms with Crippen molar-refractivity contribution in [2.75, 3.05) is 19.7 Å². The summed E-state index contributed by atoms with van der Waals surface area (Å²) in [6, 6.07) is 5.14. The van der Waals surface area contributed by atoms with Crippen molar-refractivity contribution in [3.63, 3.8) is 0 Å². The molecule has 0 heterocycles. The quantitative estimate of drug-likeness (QED) is 0.842. The molecule has 0 unspecified atom stereocenters. The molecule has 0 atom stereocenters. The minimum absolute atomic E-state index is 0.0308. The molecule has 0 saturated heterocycles. The Morgan fingerprint density at radius 2 is 1.90 bits per heavy atom. The van der Waals surface area contributed by atoms with Gasteiger partial charge in [0.25, 0.3) is 0 Å². The lowest BCUT2D eigenvalue weighted by atomic mass is 10.1. The summed E-state index contributed by atoms with van der Waals surface area (Å²) in [6.45, 7) is 6.34. The third-order valence-electron chi connectivity index (χ3n) is 2.92. The molecule has 5 heteroatoms. The predicted octanol–water partition coefficient (Wildman–Crippen LogP) is 1.76. The monoisotopic (exact) mass is 295 g/mol. The van der Waals surface area contributed by atoms with Crippen LogP contribution in [-0.2, 0) is 10.0 Å². The molecule has 0 aliphatic carbocycles. The van der Waals surface area contributed by atoms with E-state index in [1.807, 2.05) is 20.8 Å². The zero-order valence-corrected chi connectivity index (χ0v) is 13.0. The van der Waals surface area contributed by atoms with Crippen molar-refractivity contribution in [3.05, 3.63) is 29.3 Å². The number of benzene rings is 1. The maximum atomic E-state index is 12.6. The van der Waals surface area contributed by atoms with Crippen LogP contribution < -0.4 is 0 Å². The van der Waals surface area contributed by atoms with Gasteiger partial charge in [-0.05, 0) is 24.6 Å². The molecular formula is C15H21NO3S. The largest absolute Gasteiger partial charge is 0.395 e. The highest BCUT2D eigenvalue weighted by Gasteiger charge is 2.24. The molecule has 1 aromatic rings. The maximum Gasteiger partial charge on any atom is 0.244 e. The van der Waals surface area contributed by atoms with E-state index in [-0.39, 0.29) is 11.5 Å². The van der Waals surface area contributed by atoms with E-state index in [0.717, 1.165) is 5.56 Å². The fourth-order valence-electron chi connectivity index (χ4n) is 1.88. The first-order valence-electron chi connectivity index (χ1n) is 6.67. The van der Waals surface area contributed by atoms with Gasteiger partial charge in [-0.15, -0.1) is 0 Å². The second-order valence-electron chi connectivity index (χ2n) is 4.36. The lowest BCUT2D eigenvalue weighted by Crippen LogP contribution is -2.31. The van der Waals surface area contributed by atoms with E-state index in [1.165, 1.54) is 4.31 Å². The topological polar surface area (TPSA) is 57.6 Å². The highest BCUT2D eigenvalue weighted by Crippen LogP contribution is 2.20. The number of aliphatic hydroxyl groups is 1. The molecule has 0 spiro atoms. The van der Waals surface area contributed by atoms with Gasteiger partial charge < -0.3 is 5.11 Å². The van der Waals surface area contributed by atoms with Crippen LogP contribution in [0.15, 0.2) is 23.1 Å². The number of rotatable bonds is 5. The third kappa shape index (κ3) is 3.83. The molecule has 0 fully saturated rings. The molecule has 0 saturated carbocycles. The van der Waals surface area contributed by atoms with E-state index < -0.39 is 10.0 Å². The summed E-state index contributed by atoms with van der Waals surface area (Å²) in [5.74, 6) is 5.63. The Bertz CT molecular complexity index is 608. The first-order valence-corrected chi connectivity index (χ1v) is 8.11. The molecule has 4 nitrogen and oxygen atoms in total. The number of nitrogens with zero attached hydrogens (tertiary/aromatic N) is 1. The first-order chi connectivity index (χ1) is 9.47. The normalized spacial score (nSPS) is 11.2. The third-order valence-corrected chi connectivity index (χ3v) is 5.03. The summed E-state index contributed by atoms with van der Waals surface area (Å²) in [6.07, 6.45) is 0.332. The Kier molecular flexibility index (Phi) is 6.21. The minimum Gasteiger partial charge on any atom is -0.395 e. The molecule has 0 bridgehead atoms. The molecule has 0 aromatic heterocycles. The Labute approximate surface area is 121 Å². The molecule has 1 N–H and O–H groups in total. The van der Waals surface area contributed by atoms with E-state index in [1.54, 1.807) is 18.2 Å². The number of hydrogen-bond donors (Lipinski definition) is 1. The van der Waals surface area contributed by atoms with E-state index in [0.29, 0.717) is 25.1 Å². The molecule has 0 radical (unpaired) electrons. The summed E-state index contributed by atoms with van der Waals surface area (Å²) >= 11 is 0. The van der Waals surface area contributed by atoms with Crippen LogP contribution in [0.1, 0.15) is 31.4 Å². The predicted molar refractivity (Wildman–Crippen MR) is 79.9 cm³/mol. The van der Waals surface area contributed by atoms with Crippen molar-refractivity contribution in [3.8, 4) is 11.8 Å². The molecular weight excluding hydrogens is 274 g/mol. The van der Waals surface area contributed by atoms with Crippen LogP contribution in [0, 0.1) is 18.8 Å². The van der Waals surface area contributed by atoms with E-state index >= 15 is 0 Å². The molecule has 20 heavy (non-hydrogen) atoms. The van der Waals surface area contributed by atoms with E-state index in [4.69, 9.17) is 5.11 Å². The van der Waals surface area contributed by atoms with Gasteiger partial charge in [0.05, 0.1) is 11.5 Å². The highest BCUT2D eigenvalue weighted by molar-refractivity contribution is 7.89. The standard InChI is InChI=1S/C15H21NO3S/c1-4-16(5-2)20(18,19)15-10-9-13(3)12-14(15)8-6-7-11-17/h9-10,12,17H,4-5,7,11H2,1-3H3. The smallest absolute Gasteiger partial charge is 0.244 e. The SMILES string of the molecule is CCN(CC)S(=O)(=O)c1ccc(C)cc1C#CCCO. The van der Waals surface area contributed by atoms with E-state index in [9.17, 15) is 8.42 Å². The van der Waals surface area contributed by atoms with Crippen LogP contribution >= 0.6 is 0 Å². The summed E-state index contributed by atoms with van der Waals surface area (Å²) in [4.78, 5) is 0.234. The molecule has 0 aliphatic rings.